The molecule has 3 amide bonds. The molecule has 1 aromatic carbocycles. The number of non-ortho nitro benzene ring substituents is 1. The summed E-state index contributed by atoms with van der Waals surface area (Å²) < 4.78 is 11.5. The van der Waals surface area contributed by atoms with Crippen molar-refractivity contribution >= 4 is 23.6 Å². The number of urea groups is 1. The molecule has 12 nitrogen and oxygen atoms in total. The Balaban J connectivity index is 2.18. The number of amides is 3. The van der Waals surface area contributed by atoms with Crippen LogP contribution >= 0.6 is 0 Å². The van der Waals surface area contributed by atoms with Gasteiger partial charge in [-0.15, -0.1) is 0 Å². The van der Waals surface area contributed by atoms with Crippen LogP contribution in [0.2, 0.25) is 0 Å². The highest BCUT2D eigenvalue weighted by atomic mass is 16.6. The van der Waals surface area contributed by atoms with E-state index in [9.17, 15) is 24.5 Å². The zero-order chi connectivity index (χ0) is 22.3. The Morgan fingerprint density at radius 2 is 1.90 bits per heavy atom. The molecule has 0 bridgehead atoms. The molecule has 0 atom stereocenters. The van der Waals surface area contributed by atoms with Gasteiger partial charge in [0.15, 0.2) is 12.4 Å². The van der Waals surface area contributed by atoms with E-state index in [1.807, 2.05) is 0 Å². The molecule has 1 heterocycles. The third kappa shape index (κ3) is 6.02. The Bertz CT molecular complexity index is 937. The molecule has 0 radical (unpaired) electrons. The van der Waals surface area contributed by atoms with Crippen LogP contribution in [0.3, 0.4) is 0 Å². The highest BCUT2D eigenvalue weighted by Gasteiger charge is 2.21. The SMILES string of the molecule is CCOC(=O)c1nn(-c2ccc([N+](=O)[O-])cc2)cc1OCC(=O)NC(=O)NC(C)C. The quantitative estimate of drug-likeness (QED) is 0.371. The van der Waals surface area contributed by atoms with E-state index in [0.29, 0.717) is 5.69 Å². The fourth-order valence-corrected chi connectivity index (χ4v) is 2.27. The first-order valence-electron chi connectivity index (χ1n) is 8.96. The highest BCUT2D eigenvalue weighted by molar-refractivity contribution is 5.95. The van der Waals surface area contributed by atoms with Crippen molar-refractivity contribution in [3.63, 3.8) is 0 Å². The molecular weight excluding hydrogens is 398 g/mol. The lowest BCUT2D eigenvalue weighted by Gasteiger charge is -2.09. The van der Waals surface area contributed by atoms with Crippen LogP contribution in [0.1, 0.15) is 31.3 Å². The molecule has 0 unspecified atom stereocenters. The zero-order valence-electron chi connectivity index (χ0n) is 16.6. The topological polar surface area (TPSA) is 155 Å². The minimum absolute atomic E-state index is 0.0498. The predicted molar refractivity (Wildman–Crippen MR) is 103 cm³/mol. The molecule has 0 spiro atoms. The van der Waals surface area contributed by atoms with Gasteiger partial charge in [-0.25, -0.2) is 14.3 Å². The summed E-state index contributed by atoms with van der Waals surface area (Å²) in [4.78, 5) is 45.9. The minimum atomic E-state index is -0.772. The van der Waals surface area contributed by atoms with E-state index in [4.69, 9.17) is 9.47 Å². The van der Waals surface area contributed by atoms with Gasteiger partial charge in [0.1, 0.15) is 0 Å². The maximum Gasteiger partial charge on any atom is 0.362 e. The Hall–Kier alpha value is -3.96. The monoisotopic (exact) mass is 419 g/mol. The van der Waals surface area contributed by atoms with Gasteiger partial charge in [-0.05, 0) is 32.9 Å². The number of benzene rings is 1. The summed E-state index contributed by atoms with van der Waals surface area (Å²) in [7, 11) is 0. The summed E-state index contributed by atoms with van der Waals surface area (Å²) in [5, 5.41) is 19.5. The number of imide groups is 1. The van der Waals surface area contributed by atoms with Gasteiger partial charge in [-0.2, -0.15) is 5.10 Å². The molecule has 30 heavy (non-hydrogen) atoms. The van der Waals surface area contributed by atoms with Crippen LogP contribution in [-0.4, -0.2) is 51.9 Å². The fourth-order valence-electron chi connectivity index (χ4n) is 2.27. The number of nitro groups is 1. The number of hydrogen-bond acceptors (Lipinski definition) is 8. The van der Waals surface area contributed by atoms with E-state index < -0.39 is 29.4 Å². The Morgan fingerprint density at radius 3 is 2.47 bits per heavy atom. The molecule has 0 aliphatic carbocycles. The van der Waals surface area contributed by atoms with Crippen molar-refractivity contribution in [1.82, 2.24) is 20.4 Å². The Kier molecular flexibility index (Phi) is 7.44. The van der Waals surface area contributed by atoms with Gasteiger partial charge in [0.05, 0.1) is 23.4 Å². The first kappa shape index (κ1) is 22.3. The number of ether oxygens (including phenoxy) is 2. The number of carbonyl (C=O) groups is 3. The summed E-state index contributed by atoms with van der Waals surface area (Å²) in [6.07, 6.45) is 1.33. The van der Waals surface area contributed by atoms with Gasteiger partial charge in [0, 0.05) is 18.2 Å². The van der Waals surface area contributed by atoms with Crippen LogP contribution in [0.5, 0.6) is 5.75 Å². The zero-order valence-corrected chi connectivity index (χ0v) is 16.6. The lowest BCUT2D eigenvalue weighted by atomic mass is 10.3. The summed E-state index contributed by atoms with van der Waals surface area (Å²) in [6, 6.07) is 4.60. The average Bonchev–Trinajstić information content (AvgIpc) is 3.10. The second kappa shape index (κ2) is 10.0. The van der Waals surface area contributed by atoms with Crippen molar-refractivity contribution in [2.75, 3.05) is 13.2 Å². The van der Waals surface area contributed by atoms with E-state index in [1.54, 1.807) is 20.8 Å². The van der Waals surface area contributed by atoms with Gasteiger partial charge < -0.3 is 14.8 Å². The summed E-state index contributed by atoms with van der Waals surface area (Å²) in [5.74, 6) is -1.55. The highest BCUT2D eigenvalue weighted by Crippen LogP contribution is 2.22. The summed E-state index contributed by atoms with van der Waals surface area (Å²) >= 11 is 0. The smallest absolute Gasteiger partial charge is 0.362 e. The molecule has 0 aliphatic heterocycles. The number of nitrogens with one attached hydrogen (secondary N) is 2. The van der Waals surface area contributed by atoms with Crippen LogP contribution in [-0.2, 0) is 9.53 Å². The second-order valence-corrected chi connectivity index (χ2v) is 6.25. The largest absolute Gasteiger partial charge is 0.480 e. The van der Waals surface area contributed by atoms with E-state index >= 15 is 0 Å². The number of nitro benzene ring substituents is 1. The number of carbonyl (C=O) groups excluding carboxylic acids is 3. The molecule has 2 rings (SSSR count). The van der Waals surface area contributed by atoms with Crippen molar-refractivity contribution in [2.24, 2.45) is 0 Å². The van der Waals surface area contributed by atoms with E-state index in [-0.39, 0.29) is 29.8 Å². The molecule has 0 saturated carbocycles. The number of nitrogens with zero attached hydrogens (tertiary/aromatic N) is 3. The summed E-state index contributed by atoms with van der Waals surface area (Å²) in [5.41, 5.74) is 0.126. The normalized spacial score (nSPS) is 10.4. The molecule has 0 saturated heterocycles. The van der Waals surface area contributed by atoms with Crippen LogP contribution in [0.25, 0.3) is 5.69 Å². The lowest BCUT2D eigenvalue weighted by Crippen LogP contribution is -2.44. The van der Waals surface area contributed by atoms with Crippen LogP contribution in [0.4, 0.5) is 10.5 Å². The third-order valence-corrected chi connectivity index (χ3v) is 3.51. The Morgan fingerprint density at radius 1 is 1.23 bits per heavy atom. The number of esters is 1. The van der Waals surface area contributed by atoms with E-state index in [2.05, 4.69) is 15.7 Å². The van der Waals surface area contributed by atoms with Gasteiger partial charge in [-0.3, -0.25) is 20.2 Å². The maximum atomic E-state index is 12.2. The van der Waals surface area contributed by atoms with Gasteiger partial charge in [0.25, 0.3) is 11.6 Å². The van der Waals surface area contributed by atoms with Crippen molar-refractivity contribution in [3.8, 4) is 11.4 Å². The molecular formula is C18H21N5O7. The standard InChI is InChI=1S/C18H21N5O7/c1-4-29-17(25)16-14(30-10-15(24)20-18(26)19-11(2)3)9-22(21-16)12-5-7-13(8-6-12)23(27)28/h5-9,11H,4,10H2,1-3H3,(H2,19,20,24,26). The molecule has 160 valence electrons. The van der Waals surface area contributed by atoms with Crippen LogP contribution in [0.15, 0.2) is 30.5 Å². The first-order valence-corrected chi connectivity index (χ1v) is 8.96. The van der Waals surface area contributed by atoms with Crippen molar-refractivity contribution < 1.29 is 28.8 Å². The van der Waals surface area contributed by atoms with Crippen molar-refractivity contribution in [3.05, 3.63) is 46.3 Å². The molecule has 0 fully saturated rings. The molecule has 12 heteroatoms. The number of rotatable bonds is 8. The van der Waals surface area contributed by atoms with Crippen LogP contribution in [0, 0.1) is 10.1 Å². The molecule has 2 aromatic rings. The van der Waals surface area contributed by atoms with E-state index in [1.165, 1.54) is 35.1 Å². The van der Waals surface area contributed by atoms with Crippen molar-refractivity contribution in [1.29, 1.82) is 0 Å². The summed E-state index contributed by atoms with van der Waals surface area (Å²) in [6.45, 7) is 4.63. The fraction of sp³-hybridized carbons (Fsp3) is 0.333. The van der Waals surface area contributed by atoms with Gasteiger partial charge in [-0.1, -0.05) is 0 Å². The van der Waals surface area contributed by atoms with Gasteiger partial charge >= 0.3 is 12.0 Å². The second-order valence-electron chi connectivity index (χ2n) is 6.25. The number of aromatic nitrogens is 2. The minimum Gasteiger partial charge on any atom is -0.480 e. The van der Waals surface area contributed by atoms with Crippen LogP contribution < -0.4 is 15.4 Å². The first-order chi connectivity index (χ1) is 14.2. The lowest BCUT2D eigenvalue weighted by molar-refractivity contribution is -0.384. The molecule has 0 aliphatic rings. The predicted octanol–water partition coefficient (Wildman–Crippen LogP) is 1.57. The average molecular weight is 419 g/mol. The molecule has 1 aromatic heterocycles. The van der Waals surface area contributed by atoms with Gasteiger partial charge in [0.2, 0.25) is 5.69 Å². The van der Waals surface area contributed by atoms with Crippen molar-refractivity contribution in [2.45, 2.75) is 26.8 Å². The third-order valence-electron chi connectivity index (χ3n) is 3.51. The molecule has 2 N–H and O–H groups in total. The maximum absolute atomic E-state index is 12.2. The Labute approximate surface area is 171 Å². The van der Waals surface area contributed by atoms with E-state index in [0.717, 1.165) is 0 Å². The number of hydrogen-bond donors (Lipinski definition) is 2.